The smallest absolute Gasteiger partial charge is 0.261 e. The minimum Gasteiger partial charge on any atom is -0.481 e. The third-order valence-electron chi connectivity index (χ3n) is 4.52. The van der Waals surface area contributed by atoms with Crippen molar-refractivity contribution in [3.05, 3.63) is 29.8 Å². The quantitative estimate of drug-likeness (QED) is 0.872. The summed E-state index contributed by atoms with van der Waals surface area (Å²) in [7, 11) is 0. The molecule has 1 amide bonds. The summed E-state index contributed by atoms with van der Waals surface area (Å²) in [5.74, 6) is 1.15. The minimum absolute atomic E-state index is 0. The van der Waals surface area contributed by atoms with Gasteiger partial charge in [-0.15, -0.1) is 12.4 Å². The molecule has 0 bridgehead atoms. The van der Waals surface area contributed by atoms with E-state index in [0.717, 1.165) is 25.3 Å². The molecule has 3 atom stereocenters. The van der Waals surface area contributed by atoms with Crippen LogP contribution in [0.4, 0.5) is 0 Å². The molecule has 3 unspecified atom stereocenters. The van der Waals surface area contributed by atoms with E-state index >= 15 is 0 Å². The maximum absolute atomic E-state index is 12.3. The number of benzene rings is 1. The summed E-state index contributed by atoms with van der Waals surface area (Å²) in [4.78, 5) is 12.3. The zero-order valence-corrected chi connectivity index (χ0v) is 16.2. The van der Waals surface area contributed by atoms with Crippen molar-refractivity contribution in [3.63, 3.8) is 0 Å². The van der Waals surface area contributed by atoms with Crippen molar-refractivity contribution in [1.82, 2.24) is 10.6 Å². The lowest BCUT2D eigenvalue weighted by molar-refractivity contribution is -0.128. The standard InChI is InChI=1S/C19H30N2O2.ClH/c1-13-12-20-11-10-17(13)21-18(22)14(2)23-16-8-6-15(7-9-16)19(3,4)5;/h6-9,13-14,17,20H,10-12H2,1-5H3,(H,21,22);1H. The lowest BCUT2D eigenvalue weighted by atomic mass is 9.87. The van der Waals surface area contributed by atoms with Gasteiger partial charge in [-0.25, -0.2) is 0 Å². The van der Waals surface area contributed by atoms with Gasteiger partial charge in [-0.2, -0.15) is 0 Å². The highest BCUT2D eigenvalue weighted by atomic mass is 35.5. The molecule has 0 spiro atoms. The lowest BCUT2D eigenvalue weighted by Crippen LogP contribution is -2.51. The number of carbonyl (C=O) groups excluding carboxylic acids is 1. The summed E-state index contributed by atoms with van der Waals surface area (Å²) < 4.78 is 5.79. The van der Waals surface area contributed by atoms with Crippen LogP contribution in [-0.2, 0) is 10.2 Å². The van der Waals surface area contributed by atoms with Crippen LogP contribution in [0.1, 0.15) is 46.6 Å². The Morgan fingerprint density at radius 1 is 1.29 bits per heavy atom. The second-order valence-corrected chi connectivity index (χ2v) is 7.62. The summed E-state index contributed by atoms with van der Waals surface area (Å²) in [6.07, 6.45) is 0.484. The summed E-state index contributed by atoms with van der Waals surface area (Å²) >= 11 is 0. The van der Waals surface area contributed by atoms with Crippen LogP contribution in [0.25, 0.3) is 0 Å². The third kappa shape index (κ3) is 5.67. The highest BCUT2D eigenvalue weighted by Crippen LogP contribution is 2.24. The number of hydrogen-bond acceptors (Lipinski definition) is 3. The van der Waals surface area contributed by atoms with Gasteiger partial charge in [0.25, 0.3) is 5.91 Å². The molecule has 5 heteroatoms. The monoisotopic (exact) mass is 354 g/mol. The van der Waals surface area contributed by atoms with Crippen molar-refractivity contribution in [2.75, 3.05) is 13.1 Å². The molecule has 0 aromatic heterocycles. The largest absolute Gasteiger partial charge is 0.481 e. The molecule has 2 rings (SSSR count). The molecular weight excluding hydrogens is 324 g/mol. The van der Waals surface area contributed by atoms with E-state index in [9.17, 15) is 4.79 Å². The Balaban J connectivity index is 0.00000288. The first kappa shape index (κ1) is 20.8. The lowest BCUT2D eigenvalue weighted by Gasteiger charge is -2.31. The zero-order valence-electron chi connectivity index (χ0n) is 15.4. The summed E-state index contributed by atoms with van der Waals surface area (Å²) in [6.45, 7) is 12.4. The van der Waals surface area contributed by atoms with Crippen molar-refractivity contribution in [2.24, 2.45) is 5.92 Å². The summed E-state index contributed by atoms with van der Waals surface area (Å²) in [5, 5.41) is 6.46. The van der Waals surface area contributed by atoms with E-state index in [2.05, 4.69) is 50.5 Å². The normalized spacial score (nSPS) is 22.2. The molecule has 2 N–H and O–H groups in total. The Morgan fingerprint density at radius 3 is 2.46 bits per heavy atom. The number of hydrogen-bond donors (Lipinski definition) is 2. The molecule has 1 saturated heterocycles. The van der Waals surface area contributed by atoms with Gasteiger partial charge in [0.2, 0.25) is 0 Å². The number of halogens is 1. The van der Waals surface area contributed by atoms with Gasteiger partial charge in [-0.05, 0) is 55.5 Å². The average Bonchev–Trinajstić information content (AvgIpc) is 2.49. The molecule has 0 radical (unpaired) electrons. The molecule has 1 heterocycles. The van der Waals surface area contributed by atoms with Gasteiger partial charge < -0.3 is 15.4 Å². The van der Waals surface area contributed by atoms with Crippen LogP contribution in [-0.4, -0.2) is 31.1 Å². The van der Waals surface area contributed by atoms with Crippen LogP contribution >= 0.6 is 12.4 Å². The van der Waals surface area contributed by atoms with E-state index in [-0.39, 0.29) is 29.8 Å². The first-order valence-electron chi connectivity index (χ1n) is 8.55. The highest BCUT2D eigenvalue weighted by Gasteiger charge is 2.25. The third-order valence-corrected chi connectivity index (χ3v) is 4.52. The van der Waals surface area contributed by atoms with Crippen LogP contribution in [0.5, 0.6) is 5.75 Å². The van der Waals surface area contributed by atoms with Crippen LogP contribution in [0.2, 0.25) is 0 Å². The fourth-order valence-corrected chi connectivity index (χ4v) is 2.82. The molecule has 24 heavy (non-hydrogen) atoms. The Kier molecular flexibility index (Phi) is 7.56. The maximum Gasteiger partial charge on any atom is 0.261 e. The number of piperidine rings is 1. The number of carbonyl (C=O) groups is 1. The fourth-order valence-electron chi connectivity index (χ4n) is 2.82. The van der Waals surface area contributed by atoms with Crippen LogP contribution in [0.3, 0.4) is 0 Å². The van der Waals surface area contributed by atoms with Crippen LogP contribution < -0.4 is 15.4 Å². The van der Waals surface area contributed by atoms with Crippen LogP contribution in [0, 0.1) is 5.92 Å². The first-order valence-corrected chi connectivity index (χ1v) is 8.55. The van der Waals surface area contributed by atoms with Crippen molar-refractivity contribution < 1.29 is 9.53 Å². The van der Waals surface area contributed by atoms with E-state index in [0.29, 0.717) is 5.92 Å². The van der Waals surface area contributed by atoms with Crippen molar-refractivity contribution in [2.45, 2.75) is 58.6 Å². The first-order chi connectivity index (χ1) is 10.8. The maximum atomic E-state index is 12.3. The van der Waals surface area contributed by atoms with E-state index < -0.39 is 6.10 Å². The Labute approximate surface area is 152 Å². The van der Waals surface area contributed by atoms with E-state index in [1.165, 1.54) is 5.56 Å². The predicted molar refractivity (Wildman–Crippen MR) is 101 cm³/mol. The van der Waals surface area contributed by atoms with E-state index in [4.69, 9.17) is 4.74 Å². The summed E-state index contributed by atoms with van der Waals surface area (Å²) in [5.41, 5.74) is 1.37. The van der Waals surface area contributed by atoms with Crippen molar-refractivity contribution in [3.8, 4) is 5.75 Å². The second kappa shape index (κ2) is 8.72. The Hall–Kier alpha value is -1.26. The van der Waals surface area contributed by atoms with E-state index in [1.807, 2.05) is 12.1 Å². The molecule has 0 saturated carbocycles. The molecule has 1 aliphatic heterocycles. The van der Waals surface area contributed by atoms with Gasteiger partial charge in [0.1, 0.15) is 5.75 Å². The average molecular weight is 355 g/mol. The van der Waals surface area contributed by atoms with Gasteiger partial charge in [0.15, 0.2) is 6.10 Å². The summed E-state index contributed by atoms with van der Waals surface area (Å²) in [6, 6.07) is 8.25. The number of amides is 1. The Morgan fingerprint density at radius 2 is 1.92 bits per heavy atom. The predicted octanol–water partition coefficient (Wildman–Crippen LogP) is 3.29. The number of nitrogens with one attached hydrogen (secondary N) is 2. The van der Waals surface area contributed by atoms with Gasteiger partial charge in [-0.3, -0.25) is 4.79 Å². The number of ether oxygens (including phenoxy) is 1. The second-order valence-electron chi connectivity index (χ2n) is 7.62. The minimum atomic E-state index is -0.488. The van der Waals surface area contributed by atoms with Gasteiger partial charge >= 0.3 is 0 Å². The van der Waals surface area contributed by atoms with E-state index in [1.54, 1.807) is 6.92 Å². The van der Waals surface area contributed by atoms with Gasteiger partial charge in [0, 0.05) is 6.04 Å². The molecule has 136 valence electrons. The molecule has 0 aliphatic carbocycles. The molecule has 4 nitrogen and oxygen atoms in total. The van der Waals surface area contributed by atoms with Gasteiger partial charge in [0.05, 0.1) is 0 Å². The fraction of sp³-hybridized carbons (Fsp3) is 0.632. The highest BCUT2D eigenvalue weighted by molar-refractivity contribution is 5.85. The van der Waals surface area contributed by atoms with Crippen LogP contribution in [0.15, 0.2) is 24.3 Å². The number of rotatable bonds is 4. The SMILES string of the molecule is CC(Oc1ccc(C(C)(C)C)cc1)C(=O)NC1CCNCC1C.Cl. The van der Waals surface area contributed by atoms with Crippen molar-refractivity contribution in [1.29, 1.82) is 0 Å². The molecular formula is C19H31ClN2O2. The Bertz CT molecular complexity index is 525. The van der Waals surface area contributed by atoms with Crippen molar-refractivity contribution >= 4 is 18.3 Å². The van der Waals surface area contributed by atoms with Gasteiger partial charge in [-0.1, -0.05) is 39.8 Å². The molecule has 1 aromatic rings. The molecule has 1 aliphatic rings. The molecule has 1 aromatic carbocycles. The topological polar surface area (TPSA) is 50.4 Å². The molecule has 1 fully saturated rings. The zero-order chi connectivity index (χ0) is 17.0.